The van der Waals surface area contributed by atoms with Crippen molar-refractivity contribution in [2.75, 3.05) is 19.8 Å². The number of benzene rings is 1. The van der Waals surface area contributed by atoms with E-state index in [4.69, 9.17) is 16.7 Å². The van der Waals surface area contributed by atoms with Crippen molar-refractivity contribution in [1.82, 2.24) is 9.21 Å². The van der Waals surface area contributed by atoms with Gasteiger partial charge in [-0.05, 0) is 37.0 Å². The molecular weight excluding hydrogens is 404 g/mol. The number of carbonyl (C=O) groups excluding carboxylic acids is 1. The monoisotopic (exact) mass is 430 g/mol. The maximum atomic E-state index is 13.2. The predicted molar refractivity (Wildman–Crippen MR) is 108 cm³/mol. The van der Waals surface area contributed by atoms with Gasteiger partial charge in [0.25, 0.3) is 0 Å². The molecule has 1 aromatic rings. The highest BCUT2D eigenvalue weighted by Crippen LogP contribution is 2.38. The number of likely N-dealkylation sites (N-methyl/N-ethyl adjacent to an activating group) is 1. The molecule has 0 radical (unpaired) electrons. The van der Waals surface area contributed by atoms with Gasteiger partial charge in [-0.2, -0.15) is 0 Å². The van der Waals surface area contributed by atoms with Crippen LogP contribution in [0.25, 0.3) is 0 Å². The average molecular weight is 431 g/mol. The number of rotatable bonds is 8. The second-order valence-corrected chi connectivity index (χ2v) is 9.82. The van der Waals surface area contributed by atoms with Crippen LogP contribution < -0.4 is 0 Å². The molecular formula is C19H27ClN2O5S. The Labute approximate surface area is 171 Å². The van der Waals surface area contributed by atoms with E-state index in [0.29, 0.717) is 24.3 Å². The molecule has 0 bridgehead atoms. The number of carbonyl (C=O) groups is 2. The summed E-state index contributed by atoms with van der Waals surface area (Å²) in [5.74, 6) is -1.84. The maximum Gasteiger partial charge on any atom is 0.304 e. The summed E-state index contributed by atoms with van der Waals surface area (Å²) in [6.45, 7) is 2.05. The zero-order valence-electron chi connectivity index (χ0n) is 16.3. The van der Waals surface area contributed by atoms with Crippen molar-refractivity contribution in [3.8, 4) is 0 Å². The molecule has 2 rings (SSSR count). The molecule has 7 nitrogen and oxygen atoms in total. The summed E-state index contributed by atoms with van der Waals surface area (Å²) in [5.41, 5.74) is 0.909. The summed E-state index contributed by atoms with van der Waals surface area (Å²) in [6.07, 6.45) is 2.55. The number of likely N-dealkylation sites (tertiary alicyclic amines) is 1. The summed E-state index contributed by atoms with van der Waals surface area (Å²) in [4.78, 5) is 26.1. The first kappa shape index (κ1) is 22.6. The zero-order chi connectivity index (χ0) is 21.1. The maximum absolute atomic E-state index is 13.2. The Hall–Kier alpha value is -1.64. The van der Waals surface area contributed by atoms with E-state index >= 15 is 0 Å². The molecule has 1 aromatic carbocycles. The fourth-order valence-corrected chi connectivity index (χ4v) is 4.25. The standard InChI is InChI=1S/C19H27ClN2O5S/c1-4-16(12-21(2)28(3,26)27)22-17(13-5-8-15(20)9-6-13)10-7-14(19(22)25)11-18(23)24/h5-6,8-9,14,16-17H,4,7,10-12H2,1-3H3,(H,23,24). The summed E-state index contributed by atoms with van der Waals surface area (Å²) in [6, 6.07) is 6.63. The van der Waals surface area contributed by atoms with Crippen LogP contribution in [0, 0.1) is 5.92 Å². The minimum absolute atomic E-state index is 0.158. The quantitative estimate of drug-likeness (QED) is 0.684. The molecule has 9 heteroatoms. The number of hydrogen-bond donors (Lipinski definition) is 1. The summed E-state index contributed by atoms with van der Waals surface area (Å²) in [7, 11) is -1.92. The summed E-state index contributed by atoms with van der Waals surface area (Å²) >= 11 is 5.99. The van der Waals surface area contributed by atoms with Gasteiger partial charge in [-0.3, -0.25) is 9.59 Å². The van der Waals surface area contributed by atoms with Crippen LogP contribution in [0.4, 0.5) is 0 Å². The third-order valence-electron chi connectivity index (χ3n) is 5.30. The third-order valence-corrected chi connectivity index (χ3v) is 6.84. The molecule has 1 N–H and O–H groups in total. The number of carboxylic acid groups (broad SMARTS) is 1. The molecule has 1 saturated heterocycles. The lowest BCUT2D eigenvalue weighted by molar-refractivity contribution is -0.151. The highest BCUT2D eigenvalue weighted by molar-refractivity contribution is 7.88. The Bertz CT molecular complexity index is 812. The Morgan fingerprint density at radius 2 is 1.93 bits per heavy atom. The van der Waals surface area contributed by atoms with Gasteiger partial charge in [0.05, 0.1) is 18.7 Å². The van der Waals surface area contributed by atoms with Crippen LogP contribution in [-0.4, -0.2) is 60.5 Å². The van der Waals surface area contributed by atoms with Gasteiger partial charge < -0.3 is 10.0 Å². The lowest BCUT2D eigenvalue weighted by Crippen LogP contribution is -2.53. The molecule has 1 aliphatic rings. The van der Waals surface area contributed by atoms with Crippen molar-refractivity contribution < 1.29 is 23.1 Å². The first-order chi connectivity index (χ1) is 13.0. The Morgan fingerprint density at radius 3 is 2.43 bits per heavy atom. The smallest absolute Gasteiger partial charge is 0.304 e. The molecule has 0 spiro atoms. The van der Waals surface area contributed by atoms with Gasteiger partial charge in [-0.25, -0.2) is 12.7 Å². The molecule has 156 valence electrons. The van der Waals surface area contributed by atoms with Crippen LogP contribution >= 0.6 is 11.6 Å². The predicted octanol–water partition coefficient (Wildman–Crippen LogP) is 2.76. The largest absolute Gasteiger partial charge is 0.481 e. The summed E-state index contributed by atoms with van der Waals surface area (Å²) < 4.78 is 25.0. The first-order valence-corrected chi connectivity index (χ1v) is 11.5. The molecule has 1 aliphatic heterocycles. The summed E-state index contributed by atoms with van der Waals surface area (Å²) in [5, 5.41) is 9.75. The van der Waals surface area contributed by atoms with Crippen molar-refractivity contribution in [3.63, 3.8) is 0 Å². The van der Waals surface area contributed by atoms with E-state index in [1.807, 2.05) is 19.1 Å². The van der Waals surface area contributed by atoms with Crippen molar-refractivity contribution in [1.29, 1.82) is 0 Å². The normalized spacial score (nSPS) is 21.8. The number of aliphatic carboxylic acids is 1. The van der Waals surface area contributed by atoms with Gasteiger partial charge in [0.2, 0.25) is 15.9 Å². The first-order valence-electron chi connectivity index (χ1n) is 9.25. The van der Waals surface area contributed by atoms with Crippen molar-refractivity contribution in [3.05, 3.63) is 34.9 Å². The van der Waals surface area contributed by atoms with Crippen LogP contribution in [0.1, 0.15) is 44.2 Å². The number of piperidine rings is 1. The van der Waals surface area contributed by atoms with Crippen LogP contribution in [0.5, 0.6) is 0 Å². The molecule has 3 unspecified atom stereocenters. The second kappa shape index (κ2) is 9.24. The number of hydrogen-bond acceptors (Lipinski definition) is 4. The van der Waals surface area contributed by atoms with Gasteiger partial charge in [0, 0.05) is 30.6 Å². The van der Waals surface area contributed by atoms with E-state index in [9.17, 15) is 18.0 Å². The zero-order valence-corrected chi connectivity index (χ0v) is 17.9. The number of carboxylic acids is 1. The van der Waals surface area contributed by atoms with Gasteiger partial charge in [-0.15, -0.1) is 0 Å². The average Bonchev–Trinajstić information content (AvgIpc) is 2.61. The molecule has 1 fully saturated rings. The topological polar surface area (TPSA) is 95.0 Å². The van der Waals surface area contributed by atoms with E-state index in [0.717, 1.165) is 11.8 Å². The highest BCUT2D eigenvalue weighted by Gasteiger charge is 2.40. The van der Waals surface area contributed by atoms with Crippen LogP contribution in [0.3, 0.4) is 0 Å². The molecule has 0 saturated carbocycles. The van der Waals surface area contributed by atoms with E-state index in [2.05, 4.69) is 0 Å². The second-order valence-electron chi connectivity index (χ2n) is 7.29. The highest BCUT2D eigenvalue weighted by atomic mass is 35.5. The minimum atomic E-state index is -3.40. The number of amides is 1. The van der Waals surface area contributed by atoms with E-state index in [1.54, 1.807) is 17.0 Å². The SMILES string of the molecule is CCC(CN(C)S(C)(=O)=O)N1C(=O)C(CC(=O)O)CCC1c1ccc(Cl)cc1. The molecule has 28 heavy (non-hydrogen) atoms. The van der Waals surface area contributed by atoms with Crippen LogP contribution in [-0.2, 0) is 19.6 Å². The number of sulfonamides is 1. The van der Waals surface area contributed by atoms with E-state index in [1.165, 1.54) is 11.4 Å². The molecule has 0 aliphatic carbocycles. The van der Waals surface area contributed by atoms with Crippen molar-refractivity contribution in [2.24, 2.45) is 5.92 Å². The fourth-order valence-electron chi connectivity index (χ4n) is 3.68. The van der Waals surface area contributed by atoms with E-state index < -0.39 is 21.9 Å². The van der Waals surface area contributed by atoms with Crippen LogP contribution in [0.2, 0.25) is 5.02 Å². The molecule has 3 atom stereocenters. The van der Waals surface area contributed by atoms with Crippen LogP contribution in [0.15, 0.2) is 24.3 Å². The molecule has 1 amide bonds. The number of halogens is 1. The molecule has 0 aromatic heterocycles. The van der Waals surface area contributed by atoms with E-state index in [-0.39, 0.29) is 31.0 Å². The number of nitrogens with zero attached hydrogens (tertiary/aromatic N) is 2. The van der Waals surface area contributed by atoms with Gasteiger partial charge in [0.1, 0.15) is 0 Å². The third kappa shape index (κ3) is 5.46. The molecule has 1 heterocycles. The minimum Gasteiger partial charge on any atom is -0.481 e. The Morgan fingerprint density at radius 1 is 1.32 bits per heavy atom. The Balaban J connectivity index is 2.39. The Kier molecular flexibility index (Phi) is 7.47. The fraction of sp³-hybridized carbons (Fsp3) is 0.579. The van der Waals surface area contributed by atoms with Gasteiger partial charge in [-0.1, -0.05) is 30.7 Å². The lowest BCUT2D eigenvalue weighted by Gasteiger charge is -2.44. The lowest BCUT2D eigenvalue weighted by atomic mass is 9.85. The van der Waals surface area contributed by atoms with Crippen molar-refractivity contribution in [2.45, 2.75) is 44.7 Å². The van der Waals surface area contributed by atoms with Crippen molar-refractivity contribution >= 4 is 33.5 Å². The van der Waals surface area contributed by atoms with Gasteiger partial charge in [0.15, 0.2) is 0 Å². The van der Waals surface area contributed by atoms with Gasteiger partial charge >= 0.3 is 5.97 Å².